The third-order valence-corrected chi connectivity index (χ3v) is 11.4. The van der Waals surface area contributed by atoms with Gasteiger partial charge in [-0.25, -0.2) is 15.0 Å². The second-order valence-electron chi connectivity index (χ2n) is 14.7. The molecule has 1 aromatic heterocycles. The Labute approximate surface area is 336 Å². The highest BCUT2D eigenvalue weighted by molar-refractivity contribution is 6.18. The smallest absolute Gasteiger partial charge is 0.164 e. The summed E-state index contributed by atoms with van der Waals surface area (Å²) in [7, 11) is 0. The molecule has 0 aliphatic heterocycles. The molecule has 0 bridgehead atoms. The molecule has 0 saturated carbocycles. The number of nitrogens with zero attached hydrogens (tertiary/aromatic N) is 3. The van der Waals surface area contributed by atoms with Crippen LogP contribution in [-0.2, 0) is 0 Å². The topological polar surface area (TPSA) is 38.7 Å². The molecule has 0 radical (unpaired) electrons. The first-order chi connectivity index (χ1) is 28.8. The summed E-state index contributed by atoms with van der Waals surface area (Å²) in [5, 5.41) is 9.70. The lowest BCUT2D eigenvalue weighted by atomic mass is 9.87. The zero-order valence-corrected chi connectivity index (χ0v) is 31.5. The van der Waals surface area contributed by atoms with Crippen LogP contribution in [0.1, 0.15) is 0 Å². The molecule has 0 aliphatic carbocycles. The van der Waals surface area contributed by atoms with Crippen LogP contribution in [0, 0.1) is 0 Å². The van der Waals surface area contributed by atoms with E-state index in [4.69, 9.17) is 15.0 Å². The SMILES string of the molecule is c1ccc(-c2nc(-c3ccccc3-c3ccccc3)nc(-c3ccc(-c4ccc(-c5cc6ccccc6c6ccccc56)c5ccccc45)c4ccccc34)n2)cc1. The van der Waals surface area contributed by atoms with Crippen molar-refractivity contribution in [3.05, 3.63) is 212 Å². The van der Waals surface area contributed by atoms with Gasteiger partial charge in [-0.15, -0.1) is 0 Å². The molecule has 11 rings (SSSR count). The third-order valence-electron chi connectivity index (χ3n) is 11.4. The first-order valence-electron chi connectivity index (χ1n) is 19.7. The van der Waals surface area contributed by atoms with E-state index >= 15 is 0 Å². The molecular formula is C55H35N3. The standard InChI is InChI=1S/C55H35N3/c1-3-17-36(18-4-1)39-22-9-16-30-50(39)54-56-53(37-19-5-2-6-20-37)57-55(58-54)51-34-33-48(44-27-13-14-28-45(44)51)47-31-32-49(43-26-12-11-25-42(43)47)52-35-38-21-7-8-23-40(38)41-24-10-15-29-46(41)52/h1-35H. The van der Waals surface area contributed by atoms with E-state index in [0.717, 1.165) is 44.2 Å². The Morgan fingerprint density at radius 1 is 0.207 bits per heavy atom. The average Bonchev–Trinajstić information content (AvgIpc) is 3.31. The van der Waals surface area contributed by atoms with Gasteiger partial charge in [-0.05, 0) is 88.6 Å². The summed E-state index contributed by atoms with van der Waals surface area (Å²) >= 11 is 0. The lowest BCUT2D eigenvalue weighted by molar-refractivity contribution is 1.08. The van der Waals surface area contributed by atoms with Crippen LogP contribution in [0.2, 0.25) is 0 Å². The maximum absolute atomic E-state index is 5.26. The van der Waals surface area contributed by atoms with E-state index in [1.165, 1.54) is 49.0 Å². The minimum atomic E-state index is 0.637. The van der Waals surface area contributed by atoms with Crippen LogP contribution in [0.25, 0.3) is 111 Å². The Balaban J connectivity index is 1.10. The highest BCUT2D eigenvalue weighted by atomic mass is 15.0. The lowest BCUT2D eigenvalue weighted by Crippen LogP contribution is -2.01. The summed E-state index contributed by atoms with van der Waals surface area (Å²) in [6.45, 7) is 0. The van der Waals surface area contributed by atoms with Gasteiger partial charge in [0.15, 0.2) is 17.5 Å². The molecule has 0 unspecified atom stereocenters. The summed E-state index contributed by atoms with van der Waals surface area (Å²) in [4.78, 5) is 15.5. The van der Waals surface area contributed by atoms with Gasteiger partial charge >= 0.3 is 0 Å². The molecular weight excluding hydrogens is 703 g/mol. The van der Waals surface area contributed by atoms with Crippen LogP contribution < -0.4 is 0 Å². The number of fused-ring (bicyclic) bond motifs is 5. The molecule has 11 aromatic rings. The molecule has 3 heteroatoms. The molecule has 3 nitrogen and oxygen atoms in total. The Bertz CT molecular complexity index is 3340. The first-order valence-corrected chi connectivity index (χ1v) is 19.7. The molecule has 0 atom stereocenters. The van der Waals surface area contributed by atoms with Gasteiger partial charge < -0.3 is 0 Å². The van der Waals surface area contributed by atoms with E-state index in [9.17, 15) is 0 Å². The van der Waals surface area contributed by atoms with Crippen molar-refractivity contribution < 1.29 is 0 Å². The predicted molar refractivity (Wildman–Crippen MR) is 242 cm³/mol. The fraction of sp³-hybridized carbons (Fsp3) is 0. The van der Waals surface area contributed by atoms with Crippen LogP contribution in [0.15, 0.2) is 212 Å². The minimum Gasteiger partial charge on any atom is -0.208 e. The van der Waals surface area contributed by atoms with Crippen molar-refractivity contribution in [1.29, 1.82) is 0 Å². The fourth-order valence-electron chi connectivity index (χ4n) is 8.66. The van der Waals surface area contributed by atoms with Gasteiger partial charge in [0.2, 0.25) is 0 Å². The number of benzene rings is 10. The Kier molecular flexibility index (Phi) is 8.15. The maximum atomic E-state index is 5.26. The van der Waals surface area contributed by atoms with Crippen molar-refractivity contribution in [2.24, 2.45) is 0 Å². The van der Waals surface area contributed by atoms with Crippen molar-refractivity contribution in [3.8, 4) is 67.5 Å². The second-order valence-corrected chi connectivity index (χ2v) is 14.7. The van der Waals surface area contributed by atoms with Crippen molar-refractivity contribution in [2.75, 3.05) is 0 Å². The van der Waals surface area contributed by atoms with E-state index in [2.05, 4.69) is 188 Å². The van der Waals surface area contributed by atoms with E-state index < -0.39 is 0 Å². The Morgan fingerprint density at radius 3 is 1.19 bits per heavy atom. The van der Waals surface area contributed by atoms with Gasteiger partial charge in [0.25, 0.3) is 0 Å². The van der Waals surface area contributed by atoms with Gasteiger partial charge in [-0.3, -0.25) is 0 Å². The van der Waals surface area contributed by atoms with Crippen molar-refractivity contribution in [1.82, 2.24) is 15.0 Å². The van der Waals surface area contributed by atoms with Crippen LogP contribution in [0.5, 0.6) is 0 Å². The summed E-state index contributed by atoms with van der Waals surface area (Å²) < 4.78 is 0. The molecule has 10 aromatic carbocycles. The van der Waals surface area contributed by atoms with E-state index in [0.29, 0.717) is 17.5 Å². The highest BCUT2D eigenvalue weighted by Gasteiger charge is 2.20. The van der Waals surface area contributed by atoms with E-state index in [1.54, 1.807) is 0 Å². The van der Waals surface area contributed by atoms with Gasteiger partial charge in [0, 0.05) is 16.7 Å². The molecule has 0 amide bonds. The highest BCUT2D eigenvalue weighted by Crippen LogP contribution is 2.43. The molecule has 0 saturated heterocycles. The summed E-state index contributed by atoms with van der Waals surface area (Å²) in [6.07, 6.45) is 0. The van der Waals surface area contributed by atoms with Gasteiger partial charge in [0.05, 0.1) is 0 Å². The van der Waals surface area contributed by atoms with Crippen LogP contribution in [0.4, 0.5) is 0 Å². The normalized spacial score (nSPS) is 11.4. The molecule has 0 fully saturated rings. The van der Waals surface area contributed by atoms with Crippen molar-refractivity contribution in [3.63, 3.8) is 0 Å². The Morgan fingerprint density at radius 2 is 0.586 bits per heavy atom. The van der Waals surface area contributed by atoms with Gasteiger partial charge in [-0.2, -0.15) is 0 Å². The van der Waals surface area contributed by atoms with Crippen LogP contribution >= 0.6 is 0 Å². The summed E-state index contributed by atoms with van der Waals surface area (Å²) in [6, 6.07) is 75.3. The number of hydrogen-bond acceptors (Lipinski definition) is 3. The largest absolute Gasteiger partial charge is 0.208 e. The van der Waals surface area contributed by atoms with Crippen LogP contribution in [-0.4, -0.2) is 15.0 Å². The molecule has 0 spiro atoms. The lowest BCUT2D eigenvalue weighted by Gasteiger charge is -2.17. The fourth-order valence-corrected chi connectivity index (χ4v) is 8.66. The summed E-state index contributed by atoms with van der Waals surface area (Å²) in [5.41, 5.74) is 9.87. The minimum absolute atomic E-state index is 0.637. The average molecular weight is 738 g/mol. The van der Waals surface area contributed by atoms with Gasteiger partial charge in [-0.1, -0.05) is 200 Å². The van der Waals surface area contributed by atoms with E-state index in [1.807, 2.05) is 24.3 Å². The Hall–Kier alpha value is -7.75. The molecule has 1 heterocycles. The quantitative estimate of drug-likeness (QED) is 0.160. The number of aromatic nitrogens is 3. The van der Waals surface area contributed by atoms with Crippen LogP contribution in [0.3, 0.4) is 0 Å². The number of hydrogen-bond donors (Lipinski definition) is 0. The zero-order valence-electron chi connectivity index (χ0n) is 31.5. The zero-order chi connectivity index (χ0) is 38.4. The summed E-state index contributed by atoms with van der Waals surface area (Å²) in [5.74, 6) is 1.91. The van der Waals surface area contributed by atoms with E-state index in [-0.39, 0.29) is 0 Å². The molecule has 270 valence electrons. The monoisotopic (exact) mass is 737 g/mol. The third kappa shape index (κ3) is 5.72. The first kappa shape index (κ1) is 33.6. The second kappa shape index (κ2) is 14.1. The molecule has 0 N–H and O–H groups in total. The number of rotatable bonds is 6. The van der Waals surface area contributed by atoms with Gasteiger partial charge in [0.1, 0.15) is 0 Å². The predicted octanol–water partition coefficient (Wildman–Crippen LogP) is 14.5. The van der Waals surface area contributed by atoms with Crippen molar-refractivity contribution >= 4 is 43.1 Å². The molecule has 58 heavy (non-hydrogen) atoms. The maximum Gasteiger partial charge on any atom is 0.164 e. The molecule has 0 aliphatic rings. The van der Waals surface area contributed by atoms with Crippen molar-refractivity contribution in [2.45, 2.75) is 0 Å².